The molecule has 6 unspecified atom stereocenters. The van der Waals surface area contributed by atoms with Gasteiger partial charge in [-0.1, -0.05) is 34.6 Å². The van der Waals surface area contributed by atoms with E-state index in [1.54, 1.807) is 0 Å². The van der Waals surface area contributed by atoms with Crippen molar-refractivity contribution in [2.75, 3.05) is 6.61 Å². The van der Waals surface area contributed by atoms with Crippen LogP contribution in [0.4, 0.5) is 0 Å². The molecule has 7 fully saturated rings. The predicted molar refractivity (Wildman–Crippen MR) is 143 cm³/mol. The molecular formula is C31H50O4Si. The van der Waals surface area contributed by atoms with Crippen LogP contribution >= 0.6 is 0 Å². The summed E-state index contributed by atoms with van der Waals surface area (Å²) < 4.78 is 6.51. The van der Waals surface area contributed by atoms with Crippen LogP contribution in [0.2, 0.25) is 18.1 Å². The van der Waals surface area contributed by atoms with Crippen LogP contribution in [0, 0.1) is 57.7 Å². The fourth-order valence-corrected chi connectivity index (χ4v) is 12.6. The number of hydrogen-bond donors (Lipinski definition) is 2. The number of ketones is 1. The molecule has 0 aliphatic heterocycles. The average molecular weight is 515 g/mol. The van der Waals surface area contributed by atoms with Gasteiger partial charge in [0.2, 0.25) is 0 Å². The number of aliphatic hydroxyl groups is 2. The van der Waals surface area contributed by atoms with Gasteiger partial charge in [0.1, 0.15) is 5.78 Å². The van der Waals surface area contributed by atoms with Crippen LogP contribution in [0.5, 0.6) is 0 Å². The van der Waals surface area contributed by atoms with Crippen molar-refractivity contribution < 1.29 is 19.4 Å². The van der Waals surface area contributed by atoms with E-state index in [9.17, 15) is 15.0 Å². The van der Waals surface area contributed by atoms with Crippen molar-refractivity contribution in [3.63, 3.8) is 0 Å². The van der Waals surface area contributed by atoms with E-state index in [1.165, 1.54) is 12.8 Å². The summed E-state index contributed by atoms with van der Waals surface area (Å²) >= 11 is 0. The Labute approximate surface area is 219 Å². The molecule has 7 aliphatic carbocycles. The van der Waals surface area contributed by atoms with Crippen molar-refractivity contribution in [1.82, 2.24) is 0 Å². The molecule has 0 aromatic rings. The first-order chi connectivity index (χ1) is 16.6. The zero-order chi connectivity index (χ0) is 25.9. The maximum absolute atomic E-state index is 12.5. The van der Waals surface area contributed by atoms with Crippen molar-refractivity contribution in [3.05, 3.63) is 0 Å². The summed E-state index contributed by atoms with van der Waals surface area (Å²) in [6.45, 7) is 17.1. The van der Waals surface area contributed by atoms with Gasteiger partial charge in [-0.2, -0.15) is 0 Å². The third kappa shape index (κ3) is 2.61. The van der Waals surface area contributed by atoms with E-state index in [0.717, 1.165) is 38.7 Å². The van der Waals surface area contributed by atoms with E-state index >= 15 is 0 Å². The SMILES string of the molecule is CC12CCC(=O)C[C@@]1(O)[C@@H]1C3CC31C1C2CC[C@@]2(C)C1[C@@H]1C[C@@H]1[C@@]2(O)CCCO[Si](C)(C)C(C)(C)C. The second-order valence-corrected chi connectivity index (χ2v) is 21.5. The zero-order valence-electron chi connectivity index (χ0n) is 23.8. The Bertz CT molecular complexity index is 1020. The Morgan fingerprint density at radius 1 is 1.03 bits per heavy atom. The monoisotopic (exact) mass is 514 g/mol. The second-order valence-electron chi connectivity index (χ2n) is 16.7. The van der Waals surface area contributed by atoms with E-state index in [4.69, 9.17) is 4.43 Å². The van der Waals surface area contributed by atoms with E-state index in [-0.39, 0.29) is 21.7 Å². The average Bonchev–Trinajstić information content (AvgIpc) is 3.65. The van der Waals surface area contributed by atoms with E-state index in [1.807, 2.05) is 0 Å². The van der Waals surface area contributed by atoms with Crippen LogP contribution in [-0.2, 0) is 9.22 Å². The highest BCUT2D eigenvalue weighted by atomic mass is 28.4. The van der Waals surface area contributed by atoms with Gasteiger partial charge in [0.25, 0.3) is 0 Å². The molecule has 0 heterocycles. The molecule has 0 aromatic carbocycles. The number of Topliss-reactive ketones (excluding diaryl/α,β-unsaturated/α-hetero) is 1. The molecule has 7 rings (SSSR count). The summed E-state index contributed by atoms with van der Waals surface area (Å²) in [5.41, 5.74) is -1.17. The van der Waals surface area contributed by atoms with Gasteiger partial charge in [-0.3, -0.25) is 4.79 Å². The first-order valence-corrected chi connectivity index (χ1v) is 18.1. The largest absolute Gasteiger partial charge is 0.417 e. The van der Waals surface area contributed by atoms with Gasteiger partial charge in [-0.25, -0.2) is 0 Å². The molecule has 36 heavy (non-hydrogen) atoms. The molecular weight excluding hydrogens is 464 g/mol. The molecule has 7 aliphatic rings. The molecule has 4 nitrogen and oxygen atoms in total. The number of hydrogen-bond acceptors (Lipinski definition) is 4. The third-order valence-corrected chi connectivity index (χ3v) is 19.3. The Kier molecular flexibility index (Phi) is 4.63. The molecule has 202 valence electrons. The molecule has 12 atom stereocenters. The van der Waals surface area contributed by atoms with Crippen molar-refractivity contribution in [2.24, 2.45) is 57.7 Å². The molecule has 7 saturated carbocycles. The van der Waals surface area contributed by atoms with Crippen LogP contribution in [0.25, 0.3) is 0 Å². The first kappa shape index (κ1) is 24.8. The number of carbonyl (C=O) groups is 1. The molecule has 0 amide bonds. The van der Waals surface area contributed by atoms with E-state index < -0.39 is 19.5 Å². The van der Waals surface area contributed by atoms with Crippen LogP contribution in [-0.4, -0.2) is 42.1 Å². The molecule has 1 spiro atoms. The topological polar surface area (TPSA) is 66.8 Å². The quantitative estimate of drug-likeness (QED) is 0.351. The zero-order valence-corrected chi connectivity index (χ0v) is 24.8. The summed E-state index contributed by atoms with van der Waals surface area (Å²) in [6, 6.07) is 0. The molecule has 2 N–H and O–H groups in total. The van der Waals surface area contributed by atoms with E-state index in [2.05, 4.69) is 47.7 Å². The molecule has 0 saturated heterocycles. The van der Waals surface area contributed by atoms with Crippen molar-refractivity contribution in [1.29, 1.82) is 0 Å². The van der Waals surface area contributed by atoms with Crippen molar-refractivity contribution in [2.45, 2.75) is 122 Å². The summed E-state index contributed by atoms with van der Waals surface area (Å²) in [5.74, 6) is 4.19. The molecule has 5 heteroatoms. The van der Waals surface area contributed by atoms with Crippen molar-refractivity contribution in [3.8, 4) is 0 Å². The number of carbonyl (C=O) groups excluding carboxylic acids is 1. The Balaban J connectivity index is 1.14. The predicted octanol–water partition coefficient (Wildman–Crippen LogP) is 5.96. The third-order valence-electron chi connectivity index (χ3n) is 14.7. The van der Waals surface area contributed by atoms with Gasteiger partial charge in [0, 0.05) is 24.9 Å². The molecule has 0 radical (unpaired) electrons. The highest BCUT2D eigenvalue weighted by Crippen LogP contribution is 2.96. The smallest absolute Gasteiger partial charge is 0.191 e. The van der Waals surface area contributed by atoms with Crippen LogP contribution in [0.15, 0.2) is 0 Å². The van der Waals surface area contributed by atoms with Crippen molar-refractivity contribution >= 4 is 14.1 Å². The fourth-order valence-electron chi connectivity index (χ4n) is 11.5. The highest BCUT2D eigenvalue weighted by molar-refractivity contribution is 6.74. The van der Waals surface area contributed by atoms with Gasteiger partial charge < -0.3 is 14.6 Å². The molecule has 0 aromatic heterocycles. The Morgan fingerprint density at radius 2 is 1.75 bits per heavy atom. The summed E-state index contributed by atoms with van der Waals surface area (Å²) in [4.78, 5) is 12.5. The molecule has 0 bridgehead atoms. The van der Waals surface area contributed by atoms with Gasteiger partial charge in [0.05, 0.1) is 11.2 Å². The Morgan fingerprint density at radius 3 is 2.42 bits per heavy atom. The van der Waals surface area contributed by atoms with E-state index in [0.29, 0.717) is 59.7 Å². The van der Waals surface area contributed by atoms with Gasteiger partial charge >= 0.3 is 0 Å². The highest BCUT2D eigenvalue weighted by Gasteiger charge is 2.94. The maximum atomic E-state index is 12.5. The van der Waals surface area contributed by atoms with Gasteiger partial charge in [0.15, 0.2) is 8.32 Å². The summed E-state index contributed by atoms with van der Waals surface area (Å²) in [5, 5.41) is 24.8. The first-order valence-electron chi connectivity index (χ1n) is 15.2. The standard InChI is InChI=1S/C31H50O4Si/c1-26(2,3)36(6,7)35-14-8-11-30(33)21-15-19(21)23-24-20(10-13-28(23,30)5)27(4)12-9-18(32)16-31(27,34)25-22-17-29(22,24)25/h19-25,33-34H,8-17H2,1-7H3/t19-,20?,21+,22?,23?,24?,25-,27?,28+,29?,30+,31-/m1/s1. The van der Waals surface area contributed by atoms with Crippen LogP contribution in [0.1, 0.15) is 92.4 Å². The summed E-state index contributed by atoms with van der Waals surface area (Å²) in [6.07, 6.45) is 8.43. The summed E-state index contributed by atoms with van der Waals surface area (Å²) in [7, 11) is -1.76. The lowest BCUT2D eigenvalue weighted by Gasteiger charge is -2.66. The minimum absolute atomic E-state index is 0.00987. The number of rotatable bonds is 5. The fraction of sp³-hybridized carbons (Fsp3) is 0.968. The van der Waals surface area contributed by atoms with Crippen LogP contribution in [0.3, 0.4) is 0 Å². The Hall–Kier alpha value is -0.233. The van der Waals surface area contributed by atoms with Crippen LogP contribution < -0.4 is 0 Å². The lowest BCUT2D eigenvalue weighted by atomic mass is 9.40. The van der Waals surface area contributed by atoms with Gasteiger partial charge in [-0.05, 0) is 115 Å². The minimum atomic E-state index is -1.76. The lowest BCUT2D eigenvalue weighted by Crippen LogP contribution is -2.67. The maximum Gasteiger partial charge on any atom is 0.191 e. The number of fused-ring (bicyclic) bond motifs is 9. The normalized spacial score (nSPS) is 58.1. The van der Waals surface area contributed by atoms with Gasteiger partial charge in [-0.15, -0.1) is 0 Å². The second kappa shape index (κ2) is 6.73. The minimum Gasteiger partial charge on any atom is -0.417 e. The lowest BCUT2D eigenvalue weighted by molar-refractivity contribution is -0.239.